The van der Waals surface area contributed by atoms with E-state index in [2.05, 4.69) is 10.6 Å². The average molecular weight is 384 g/mol. The van der Waals surface area contributed by atoms with Crippen molar-refractivity contribution in [2.24, 2.45) is 0 Å². The number of hydrogen-bond donors (Lipinski definition) is 4. The van der Waals surface area contributed by atoms with Crippen molar-refractivity contribution < 1.29 is 14.3 Å². The van der Waals surface area contributed by atoms with E-state index in [1.165, 1.54) is 6.07 Å². The molecule has 0 bridgehead atoms. The standard InChI is InChI=1S/C21H25FN4O2/c1-14(21(27)28)16-5-3-15(4-6-16)7-10-25-8-2-9-26-19-12-18(22)11-17(13-23)20(19)24/h3-6,11-12,14,25-26H,2,7-10,24H2,1H3,(H,27,28). The monoisotopic (exact) mass is 384 g/mol. The van der Waals surface area contributed by atoms with Crippen molar-refractivity contribution in [1.82, 2.24) is 5.32 Å². The largest absolute Gasteiger partial charge is 0.481 e. The number of carboxylic acids is 1. The quantitative estimate of drug-likeness (QED) is 0.370. The molecule has 7 heteroatoms. The van der Waals surface area contributed by atoms with E-state index in [1.54, 1.807) is 6.92 Å². The van der Waals surface area contributed by atoms with Crippen molar-refractivity contribution in [3.8, 4) is 6.07 Å². The van der Waals surface area contributed by atoms with E-state index < -0.39 is 17.7 Å². The summed E-state index contributed by atoms with van der Waals surface area (Å²) in [5.41, 5.74) is 8.60. The minimum atomic E-state index is -0.827. The number of carbonyl (C=O) groups is 1. The molecule has 2 aromatic rings. The minimum Gasteiger partial charge on any atom is -0.481 e. The number of carboxylic acid groups (broad SMARTS) is 1. The number of rotatable bonds is 10. The highest BCUT2D eigenvalue weighted by Crippen LogP contribution is 2.24. The predicted octanol–water partition coefficient (Wildman–Crippen LogP) is 3.10. The van der Waals surface area contributed by atoms with E-state index in [9.17, 15) is 9.18 Å². The molecule has 1 unspecified atom stereocenters. The van der Waals surface area contributed by atoms with Gasteiger partial charge in [0, 0.05) is 6.54 Å². The summed E-state index contributed by atoms with van der Waals surface area (Å²) in [6, 6.07) is 11.9. The van der Waals surface area contributed by atoms with E-state index in [0.29, 0.717) is 12.2 Å². The lowest BCUT2D eigenvalue weighted by Crippen LogP contribution is -2.21. The first-order chi connectivity index (χ1) is 13.4. The molecule has 0 amide bonds. The highest BCUT2D eigenvalue weighted by atomic mass is 19.1. The maximum Gasteiger partial charge on any atom is 0.310 e. The summed E-state index contributed by atoms with van der Waals surface area (Å²) in [5.74, 6) is -1.82. The van der Waals surface area contributed by atoms with Gasteiger partial charge in [-0.25, -0.2) is 4.39 Å². The Kier molecular flexibility index (Phi) is 7.78. The molecule has 0 radical (unpaired) electrons. The highest BCUT2D eigenvalue weighted by Gasteiger charge is 2.12. The molecule has 0 aliphatic rings. The number of nitrogens with zero attached hydrogens (tertiary/aromatic N) is 1. The molecule has 148 valence electrons. The van der Waals surface area contributed by atoms with Crippen LogP contribution in [0.5, 0.6) is 0 Å². The molecular weight excluding hydrogens is 359 g/mol. The lowest BCUT2D eigenvalue weighted by atomic mass is 9.99. The second-order valence-corrected chi connectivity index (χ2v) is 6.61. The second kappa shape index (κ2) is 10.3. The van der Waals surface area contributed by atoms with Gasteiger partial charge in [-0.15, -0.1) is 0 Å². The van der Waals surface area contributed by atoms with Crippen LogP contribution in [-0.4, -0.2) is 30.7 Å². The number of nitriles is 1. The molecule has 0 fully saturated rings. The van der Waals surface area contributed by atoms with Crippen LogP contribution < -0.4 is 16.4 Å². The molecule has 0 heterocycles. The smallest absolute Gasteiger partial charge is 0.310 e. The summed E-state index contributed by atoms with van der Waals surface area (Å²) in [6.07, 6.45) is 1.66. The summed E-state index contributed by atoms with van der Waals surface area (Å²) in [6.45, 7) is 3.86. The molecule has 1 atom stereocenters. The van der Waals surface area contributed by atoms with E-state index >= 15 is 0 Å². The van der Waals surface area contributed by atoms with Crippen molar-refractivity contribution in [3.05, 3.63) is 58.9 Å². The number of nitrogen functional groups attached to an aromatic ring is 1. The summed E-state index contributed by atoms with van der Waals surface area (Å²) in [5, 5.41) is 24.3. The predicted molar refractivity (Wildman–Crippen MR) is 108 cm³/mol. The van der Waals surface area contributed by atoms with Gasteiger partial charge in [0.25, 0.3) is 0 Å². The maximum absolute atomic E-state index is 13.5. The number of nitrogens with one attached hydrogen (secondary N) is 2. The Morgan fingerprint density at radius 1 is 1.25 bits per heavy atom. The zero-order valence-electron chi connectivity index (χ0n) is 15.8. The van der Waals surface area contributed by atoms with Gasteiger partial charge in [-0.3, -0.25) is 4.79 Å². The van der Waals surface area contributed by atoms with Crippen LogP contribution in [0.1, 0.15) is 36.0 Å². The van der Waals surface area contributed by atoms with Crippen LogP contribution in [0.2, 0.25) is 0 Å². The topological polar surface area (TPSA) is 111 Å². The number of halogens is 1. The van der Waals surface area contributed by atoms with Gasteiger partial charge in [0.15, 0.2) is 0 Å². The van der Waals surface area contributed by atoms with Gasteiger partial charge < -0.3 is 21.5 Å². The lowest BCUT2D eigenvalue weighted by molar-refractivity contribution is -0.138. The van der Waals surface area contributed by atoms with Gasteiger partial charge in [-0.05, 0) is 56.1 Å². The molecule has 2 rings (SSSR count). The van der Waals surface area contributed by atoms with E-state index in [1.807, 2.05) is 30.3 Å². The number of hydrogen-bond acceptors (Lipinski definition) is 5. The molecular formula is C21H25FN4O2. The Morgan fingerprint density at radius 2 is 1.96 bits per heavy atom. The Hall–Kier alpha value is -3.11. The van der Waals surface area contributed by atoms with Crippen LogP contribution in [0.4, 0.5) is 15.8 Å². The number of nitrogens with two attached hydrogens (primary N) is 1. The zero-order valence-corrected chi connectivity index (χ0v) is 15.8. The first-order valence-corrected chi connectivity index (χ1v) is 9.17. The molecule has 6 nitrogen and oxygen atoms in total. The van der Waals surface area contributed by atoms with Gasteiger partial charge in [0.05, 0.1) is 22.9 Å². The van der Waals surface area contributed by atoms with Crippen LogP contribution in [0, 0.1) is 17.1 Å². The molecule has 0 saturated carbocycles. The third-order valence-electron chi connectivity index (χ3n) is 4.55. The van der Waals surface area contributed by atoms with Crippen LogP contribution in [0.3, 0.4) is 0 Å². The second-order valence-electron chi connectivity index (χ2n) is 6.61. The van der Waals surface area contributed by atoms with E-state index in [4.69, 9.17) is 16.1 Å². The molecule has 28 heavy (non-hydrogen) atoms. The van der Waals surface area contributed by atoms with Crippen molar-refractivity contribution in [3.63, 3.8) is 0 Å². The summed E-state index contributed by atoms with van der Waals surface area (Å²) in [4.78, 5) is 11.0. The van der Waals surface area contributed by atoms with Gasteiger partial charge >= 0.3 is 5.97 Å². The fraction of sp³-hybridized carbons (Fsp3) is 0.333. The minimum absolute atomic E-state index is 0.129. The summed E-state index contributed by atoms with van der Waals surface area (Å²) < 4.78 is 13.5. The normalized spacial score (nSPS) is 11.6. The molecule has 2 aromatic carbocycles. The average Bonchev–Trinajstić information content (AvgIpc) is 2.69. The molecule has 0 spiro atoms. The SMILES string of the molecule is CC(C(=O)O)c1ccc(CCNCCCNc2cc(F)cc(C#N)c2N)cc1. The molecule has 0 aliphatic carbocycles. The third-order valence-corrected chi connectivity index (χ3v) is 4.55. The van der Waals surface area contributed by atoms with Gasteiger partial charge in [-0.2, -0.15) is 5.26 Å². The molecule has 0 saturated heterocycles. The fourth-order valence-electron chi connectivity index (χ4n) is 2.77. The first kappa shape index (κ1) is 21.2. The Bertz CT molecular complexity index is 847. The molecule has 5 N–H and O–H groups in total. The van der Waals surface area contributed by atoms with E-state index in [-0.39, 0.29) is 11.3 Å². The van der Waals surface area contributed by atoms with Gasteiger partial charge in [0.2, 0.25) is 0 Å². The first-order valence-electron chi connectivity index (χ1n) is 9.17. The van der Waals surface area contributed by atoms with Crippen molar-refractivity contribution in [2.75, 3.05) is 30.7 Å². The van der Waals surface area contributed by atoms with Crippen molar-refractivity contribution in [2.45, 2.75) is 25.7 Å². The Labute approximate surface area is 164 Å². The summed E-state index contributed by atoms with van der Waals surface area (Å²) >= 11 is 0. The van der Waals surface area contributed by atoms with Gasteiger partial charge in [-0.1, -0.05) is 24.3 Å². The lowest BCUT2D eigenvalue weighted by Gasteiger charge is -2.11. The van der Waals surface area contributed by atoms with Crippen LogP contribution in [0.15, 0.2) is 36.4 Å². The van der Waals surface area contributed by atoms with Crippen LogP contribution in [-0.2, 0) is 11.2 Å². The number of anilines is 2. The third kappa shape index (κ3) is 5.96. The fourth-order valence-corrected chi connectivity index (χ4v) is 2.77. The van der Waals surface area contributed by atoms with Crippen LogP contribution >= 0.6 is 0 Å². The zero-order chi connectivity index (χ0) is 20.5. The van der Waals surface area contributed by atoms with Crippen molar-refractivity contribution >= 4 is 17.3 Å². The number of aliphatic carboxylic acids is 1. The Morgan fingerprint density at radius 3 is 2.61 bits per heavy atom. The van der Waals surface area contributed by atoms with Crippen molar-refractivity contribution in [1.29, 1.82) is 5.26 Å². The molecule has 0 aliphatic heterocycles. The Balaban J connectivity index is 1.67. The number of benzene rings is 2. The highest BCUT2D eigenvalue weighted by molar-refractivity contribution is 5.75. The van der Waals surface area contributed by atoms with Crippen LogP contribution in [0.25, 0.3) is 0 Å². The van der Waals surface area contributed by atoms with E-state index in [0.717, 1.165) is 43.1 Å². The maximum atomic E-state index is 13.5. The summed E-state index contributed by atoms with van der Waals surface area (Å²) in [7, 11) is 0. The molecule has 0 aromatic heterocycles. The van der Waals surface area contributed by atoms with Gasteiger partial charge in [0.1, 0.15) is 11.9 Å².